The Morgan fingerprint density at radius 1 is 0.968 bits per heavy atom. The van der Waals surface area contributed by atoms with Crippen molar-refractivity contribution in [1.29, 1.82) is 0 Å². The summed E-state index contributed by atoms with van der Waals surface area (Å²) in [6.07, 6.45) is -3.61. The molecule has 2 aliphatic rings. The Labute approximate surface area is 184 Å². The van der Waals surface area contributed by atoms with Crippen LogP contribution < -0.4 is 0 Å². The molecule has 0 radical (unpaired) electrons. The van der Waals surface area contributed by atoms with E-state index in [1.807, 2.05) is 0 Å². The van der Waals surface area contributed by atoms with Gasteiger partial charge in [0.15, 0.2) is 0 Å². The predicted molar refractivity (Wildman–Crippen MR) is 103 cm³/mol. The van der Waals surface area contributed by atoms with E-state index in [2.05, 4.69) is 4.74 Å². The quantitative estimate of drug-likeness (QED) is 0.312. The molecule has 6 nitrogen and oxygen atoms in total. The zero-order chi connectivity index (χ0) is 23.5. The summed E-state index contributed by atoms with van der Waals surface area (Å²) in [4.78, 5) is 34.1. The summed E-state index contributed by atoms with van der Waals surface area (Å²) in [6, 6.07) is 0. The lowest BCUT2D eigenvalue weighted by molar-refractivity contribution is -0.202. The van der Waals surface area contributed by atoms with Crippen LogP contribution in [0.4, 0.5) is 22.0 Å². The fraction of sp³-hybridized carbons (Fsp3) is 0.833. The van der Waals surface area contributed by atoms with Gasteiger partial charge in [0.05, 0.1) is 9.49 Å². The van der Waals surface area contributed by atoms with Gasteiger partial charge in [0.2, 0.25) is 0 Å². The molecule has 1 saturated heterocycles. The average Bonchev–Trinajstić information content (AvgIpc) is 2.67. The number of carbonyl (C=O) groups is 3. The smallest absolute Gasteiger partial charge is 0.465 e. The first kappa shape index (κ1) is 26.0. The monoisotopic (exact) mass is 494 g/mol. The minimum absolute atomic E-state index is 0.120. The van der Waals surface area contributed by atoms with Crippen molar-refractivity contribution in [1.82, 2.24) is 0 Å². The lowest BCUT2D eigenvalue weighted by Gasteiger charge is -2.49. The Balaban J connectivity index is 2.13. The maximum absolute atomic E-state index is 13.3. The summed E-state index contributed by atoms with van der Waals surface area (Å²) in [7, 11) is 0. The van der Waals surface area contributed by atoms with Gasteiger partial charge in [-0.15, -0.1) is 23.5 Å². The molecule has 1 heterocycles. The average molecular weight is 495 g/mol. The molecule has 0 aromatic rings. The summed E-state index contributed by atoms with van der Waals surface area (Å²) in [5.74, 6) is -8.03. The maximum atomic E-state index is 13.3. The Kier molecular flexibility index (Phi) is 8.15. The first-order valence-corrected chi connectivity index (χ1v) is 11.4. The molecular weight excluding hydrogens is 471 g/mol. The zero-order valence-electron chi connectivity index (χ0n) is 16.9. The molecule has 1 spiro atoms. The Hall–Kier alpha value is -1.24. The van der Waals surface area contributed by atoms with E-state index in [1.54, 1.807) is 0 Å². The van der Waals surface area contributed by atoms with E-state index >= 15 is 0 Å². The molecule has 1 unspecified atom stereocenters. The third kappa shape index (κ3) is 6.87. The van der Waals surface area contributed by atoms with Crippen molar-refractivity contribution in [2.45, 2.75) is 61.8 Å². The van der Waals surface area contributed by atoms with Crippen molar-refractivity contribution < 1.29 is 50.5 Å². The second-order valence-corrected chi connectivity index (χ2v) is 10.6. The minimum Gasteiger partial charge on any atom is -0.465 e. The van der Waals surface area contributed by atoms with Gasteiger partial charge in [0, 0.05) is 25.4 Å². The Morgan fingerprint density at radius 2 is 1.55 bits per heavy atom. The van der Waals surface area contributed by atoms with Crippen molar-refractivity contribution in [3.8, 4) is 0 Å². The van der Waals surface area contributed by atoms with Gasteiger partial charge in [-0.25, -0.2) is 9.59 Å². The highest BCUT2D eigenvalue weighted by molar-refractivity contribution is 8.19. The van der Waals surface area contributed by atoms with Crippen LogP contribution in [0.5, 0.6) is 0 Å². The van der Waals surface area contributed by atoms with E-state index in [0.717, 1.165) is 13.3 Å². The van der Waals surface area contributed by atoms with Crippen LogP contribution in [0.2, 0.25) is 0 Å². The zero-order valence-corrected chi connectivity index (χ0v) is 18.5. The van der Waals surface area contributed by atoms with Crippen LogP contribution in [-0.4, -0.2) is 64.9 Å². The molecule has 1 aliphatic heterocycles. The van der Waals surface area contributed by atoms with Gasteiger partial charge in [-0.3, -0.25) is 4.79 Å². The second kappa shape index (κ2) is 9.72. The van der Waals surface area contributed by atoms with E-state index in [1.165, 1.54) is 23.5 Å². The SMILES string of the molecule is CC(=O)OCC1(COC(=O)C(F)(F)F)CSC2(CCCCC2OC(=O)C(C)(F)F)SC1. The second-order valence-electron chi connectivity index (χ2n) is 7.77. The van der Waals surface area contributed by atoms with Crippen LogP contribution in [0.3, 0.4) is 0 Å². The molecule has 0 aromatic carbocycles. The number of carbonyl (C=O) groups excluding carboxylic acids is 3. The van der Waals surface area contributed by atoms with Gasteiger partial charge in [-0.1, -0.05) is 6.42 Å². The van der Waals surface area contributed by atoms with Gasteiger partial charge >= 0.3 is 30.0 Å². The van der Waals surface area contributed by atoms with Crippen LogP contribution in [-0.2, 0) is 28.6 Å². The number of halogens is 5. The normalized spacial score (nSPS) is 29.3. The van der Waals surface area contributed by atoms with Crippen LogP contribution >= 0.6 is 23.5 Å². The summed E-state index contributed by atoms with van der Waals surface area (Å²) in [5.41, 5.74) is -1.10. The van der Waals surface area contributed by atoms with Crippen LogP contribution in [0, 0.1) is 5.41 Å². The molecule has 2 rings (SSSR count). The van der Waals surface area contributed by atoms with E-state index in [9.17, 15) is 36.3 Å². The van der Waals surface area contributed by atoms with Gasteiger partial charge in [-0.2, -0.15) is 22.0 Å². The van der Waals surface area contributed by atoms with Crippen LogP contribution in [0.15, 0.2) is 0 Å². The lowest BCUT2D eigenvalue weighted by Crippen LogP contribution is -2.52. The molecule has 0 amide bonds. The van der Waals surface area contributed by atoms with E-state index in [0.29, 0.717) is 26.2 Å². The fourth-order valence-corrected chi connectivity index (χ4v) is 6.93. The summed E-state index contributed by atoms with van der Waals surface area (Å²) >= 11 is 2.48. The number of ether oxygens (including phenoxy) is 3. The van der Waals surface area contributed by atoms with Crippen molar-refractivity contribution in [2.75, 3.05) is 24.7 Å². The number of thioether (sulfide) groups is 2. The minimum atomic E-state index is -5.16. The lowest BCUT2D eigenvalue weighted by atomic mass is 9.94. The Morgan fingerprint density at radius 3 is 2.06 bits per heavy atom. The molecule has 1 saturated carbocycles. The molecule has 0 aromatic heterocycles. The highest BCUT2D eigenvalue weighted by atomic mass is 32.2. The number of hydrogen-bond acceptors (Lipinski definition) is 8. The third-order valence-electron chi connectivity index (χ3n) is 4.91. The van der Waals surface area contributed by atoms with Crippen molar-refractivity contribution in [2.24, 2.45) is 5.41 Å². The molecular formula is C18H23F5O6S2. The number of rotatable bonds is 6. The molecule has 178 valence electrons. The molecule has 1 atom stereocenters. The topological polar surface area (TPSA) is 78.9 Å². The summed E-state index contributed by atoms with van der Waals surface area (Å²) < 4.78 is 78.0. The maximum Gasteiger partial charge on any atom is 0.490 e. The number of hydrogen-bond donors (Lipinski definition) is 0. The molecule has 1 aliphatic carbocycles. The number of alkyl halides is 5. The van der Waals surface area contributed by atoms with Gasteiger partial charge in [0.1, 0.15) is 19.3 Å². The predicted octanol–water partition coefficient (Wildman–Crippen LogP) is 3.96. The Bertz CT molecular complexity index is 686. The summed E-state index contributed by atoms with van der Waals surface area (Å²) in [6.45, 7) is 0.680. The van der Waals surface area contributed by atoms with Crippen molar-refractivity contribution in [3.63, 3.8) is 0 Å². The van der Waals surface area contributed by atoms with Crippen LogP contribution in [0.25, 0.3) is 0 Å². The molecule has 31 heavy (non-hydrogen) atoms. The molecule has 0 bridgehead atoms. The fourth-order valence-electron chi connectivity index (χ4n) is 3.19. The van der Waals surface area contributed by atoms with E-state index < -0.39 is 52.2 Å². The van der Waals surface area contributed by atoms with Crippen LogP contribution in [0.1, 0.15) is 39.5 Å². The molecule has 13 heteroatoms. The third-order valence-corrected chi connectivity index (χ3v) is 9.04. The summed E-state index contributed by atoms with van der Waals surface area (Å²) in [5, 5.41) is 0. The van der Waals surface area contributed by atoms with Gasteiger partial charge in [-0.05, 0) is 19.3 Å². The molecule has 0 N–H and O–H groups in total. The van der Waals surface area contributed by atoms with Crippen molar-refractivity contribution in [3.05, 3.63) is 0 Å². The number of esters is 3. The van der Waals surface area contributed by atoms with Crippen molar-refractivity contribution >= 4 is 41.4 Å². The standard InChI is InChI=1S/C18H23F5O6S2/c1-11(24)27-7-16(8-28-14(26)18(21,22)23)9-30-17(31-10-16)6-4-3-5-12(17)29-13(25)15(2,19)20/h12H,3-10H2,1-2H3. The highest BCUT2D eigenvalue weighted by Crippen LogP contribution is 2.56. The molecule has 2 fully saturated rings. The van der Waals surface area contributed by atoms with Gasteiger partial charge < -0.3 is 14.2 Å². The van der Waals surface area contributed by atoms with E-state index in [-0.39, 0.29) is 18.1 Å². The highest BCUT2D eigenvalue weighted by Gasteiger charge is 2.53. The first-order chi connectivity index (χ1) is 14.2. The largest absolute Gasteiger partial charge is 0.490 e. The first-order valence-electron chi connectivity index (χ1n) is 9.43. The van der Waals surface area contributed by atoms with E-state index in [4.69, 9.17) is 9.47 Å². The van der Waals surface area contributed by atoms with Gasteiger partial charge in [0.25, 0.3) is 0 Å².